The standard InChI is InChI=1S/C12H13BrN2O2/c1-3-4-15-7(2)14-10-6-8(12(16)17)5-9(13)11(10)15/h5-6H,3-4H2,1-2H3,(H,16,17). The molecule has 4 nitrogen and oxygen atoms in total. The first-order valence-electron chi connectivity index (χ1n) is 5.44. The molecule has 0 radical (unpaired) electrons. The van der Waals surface area contributed by atoms with Crippen LogP contribution in [-0.4, -0.2) is 20.6 Å². The molecule has 0 saturated heterocycles. The van der Waals surface area contributed by atoms with E-state index in [1.165, 1.54) is 0 Å². The van der Waals surface area contributed by atoms with Crippen LogP contribution in [-0.2, 0) is 6.54 Å². The number of carbonyl (C=O) groups is 1. The molecule has 90 valence electrons. The molecule has 0 aliphatic carbocycles. The molecule has 1 heterocycles. The number of aromatic carboxylic acids is 1. The van der Waals surface area contributed by atoms with Crippen LogP contribution in [0, 0.1) is 6.92 Å². The highest BCUT2D eigenvalue weighted by Crippen LogP contribution is 2.27. The average molecular weight is 297 g/mol. The summed E-state index contributed by atoms with van der Waals surface area (Å²) in [7, 11) is 0. The number of fused-ring (bicyclic) bond motifs is 1. The number of carboxylic acids is 1. The van der Waals surface area contributed by atoms with Gasteiger partial charge in [0.05, 0.1) is 16.6 Å². The van der Waals surface area contributed by atoms with Gasteiger partial charge in [-0.05, 0) is 41.4 Å². The Morgan fingerprint density at radius 2 is 2.24 bits per heavy atom. The van der Waals surface area contributed by atoms with Crippen LogP contribution >= 0.6 is 15.9 Å². The van der Waals surface area contributed by atoms with Crippen LogP contribution in [0.4, 0.5) is 0 Å². The number of imidazole rings is 1. The maximum absolute atomic E-state index is 11.0. The van der Waals surface area contributed by atoms with Gasteiger partial charge in [0.1, 0.15) is 5.82 Å². The average Bonchev–Trinajstić information content (AvgIpc) is 2.56. The van der Waals surface area contributed by atoms with E-state index < -0.39 is 5.97 Å². The maximum Gasteiger partial charge on any atom is 0.335 e. The van der Waals surface area contributed by atoms with Gasteiger partial charge in [0.15, 0.2) is 0 Å². The van der Waals surface area contributed by atoms with Gasteiger partial charge in [-0.25, -0.2) is 9.78 Å². The fourth-order valence-corrected chi connectivity index (χ4v) is 2.62. The molecule has 1 aromatic carbocycles. The summed E-state index contributed by atoms with van der Waals surface area (Å²) < 4.78 is 2.88. The minimum atomic E-state index is -0.935. The molecule has 0 unspecified atom stereocenters. The third-order valence-corrected chi connectivity index (χ3v) is 3.28. The number of nitrogens with zero attached hydrogens (tertiary/aromatic N) is 2. The number of hydrogen-bond donors (Lipinski definition) is 1. The highest BCUT2D eigenvalue weighted by Gasteiger charge is 2.14. The number of aryl methyl sites for hydroxylation is 2. The van der Waals surface area contributed by atoms with E-state index in [2.05, 4.69) is 32.4 Å². The summed E-state index contributed by atoms with van der Waals surface area (Å²) in [6.07, 6.45) is 1.01. The van der Waals surface area contributed by atoms with Crippen molar-refractivity contribution in [2.45, 2.75) is 26.8 Å². The quantitative estimate of drug-likeness (QED) is 0.946. The number of aromatic nitrogens is 2. The summed E-state index contributed by atoms with van der Waals surface area (Å²) in [6, 6.07) is 3.24. The lowest BCUT2D eigenvalue weighted by Crippen LogP contribution is -2.00. The molecule has 0 amide bonds. The van der Waals surface area contributed by atoms with E-state index in [0.717, 1.165) is 34.3 Å². The Morgan fingerprint density at radius 1 is 1.53 bits per heavy atom. The van der Waals surface area contributed by atoms with Crippen molar-refractivity contribution in [2.24, 2.45) is 0 Å². The van der Waals surface area contributed by atoms with Crippen LogP contribution in [0.3, 0.4) is 0 Å². The Bertz CT molecular complexity index is 590. The lowest BCUT2D eigenvalue weighted by Gasteiger charge is -2.06. The molecule has 0 bridgehead atoms. The van der Waals surface area contributed by atoms with Gasteiger partial charge in [-0.2, -0.15) is 0 Å². The van der Waals surface area contributed by atoms with Gasteiger partial charge in [0.25, 0.3) is 0 Å². The van der Waals surface area contributed by atoms with Crippen molar-refractivity contribution in [1.29, 1.82) is 0 Å². The maximum atomic E-state index is 11.0. The number of halogens is 1. The van der Waals surface area contributed by atoms with Crippen LogP contribution in [0.1, 0.15) is 29.5 Å². The van der Waals surface area contributed by atoms with Gasteiger partial charge < -0.3 is 9.67 Å². The van der Waals surface area contributed by atoms with Crippen LogP contribution in [0.25, 0.3) is 11.0 Å². The fourth-order valence-electron chi connectivity index (χ4n) is 1.95. The number of carboxylic acid groups (broad SMARTS) is 1. The Hall–Kier alpha value is -1.36. The minimum Gasteiger partial charge on any atom is -0.478 e. The van der Waals surface area contributed by atoms with Crippen LogP contribution in [0.5, 0.6) is 0 Å². The first-order valence-corrected chi connectivity index (χ1v) is 6.23. The number of benzene rings is 1. The van der Waals surface area contributed by atoms with Gasteiger partial charge in [-0.1, -0.05) is 6.92 Å². The second-order valence-corrected chi connectivity index (χ2v) is 4.80. The lowest BCUT2D eigenvalue weighted by atomic mass is 10.2. The van der Waals surface area contributed by atoms with Crippen LogP contribution in [0.15, 0.2) is 16.6 Å². The smallest absolute Gasteiger partial charge is 0.335 e. The SMILES string of the molecule is CCCn1c(C)nc2cc(C(=O)O)cc(Br)c21. The molecule has 0 aliphatic rings. The molecule has 2 aromatic rings. The fraction of sp³-hybridized carbons (Fsp3) is 0.333. The van der Waals surface area contributed by atoms with E-state index in [9.17, 15) is 4.79 Å². The van der Waals surface area contributed by atoms with E-state index >= 15 is 0 Å². The normalized spacial score (nSPS) is 11.0. The number of hydrogen-bond acceptors (Lipinski definition) is 2. The zero-order valence-electron chi connectivity index (χ0n) is 9.70. The van der Waals surface area contributed by atoms with E-state index in [4.69, 9.17) is 5.11 Å². The second-order valence-electron chi connectivity index (χ2n) is 3.94. The zero-order chi connectivity index (χ0) is 12.6. The third-order valence-electron chi connectivity index (χ3n) is 2.68. The van der Waals surface area contributed by atoms with Crippen molar-refractivity contribution >= 4 is 32.9 Å². The molecule has 0 fully saturated rings. The van der Waals surface area contributed by atoms with Crippen molar-refractivity contribution in [3.05, 3.63) is 28.0 Å². The highest BCUT2D eigenvalue weighted by atomic mass is 79.9. The molecule has 1 N–H and O–H groups in total. The van der Waals surface area contributed by atoms with Crippen molar-refractivity contribution in [3.63, 3.8) is 0 Å². The van der Waals surface area contributed by atoms with E-state index in [1.54, 1.807) is 12.1 Å². The van der Waals surface area contributed by atoms with Crippen molar-refractivity contribution in [3.8, 4) is 0 Å². The summed E-state index contributed by atoms with van der Waals surface area (Å²) in [4.78, 5) is 15.4. The van der Waals surface area contributed by atoms with Crippen molar-refractivity contribution in [1.82, 2.24) is 9.55 Å². The van der Waals surface area contributed by atoms with Gasteiger partial charge in [-0.15, -0.1) is 0 Å². The summed E-state index contributed by atoms with van der Waals surface area (Å²) in [5.74, 6) is -0.0274. The first-order chi connectivity index (χ1) is 8.04. The summed E-state index contributed by atoms with van der Waals surface area (Å²) in [6.45, 7) is 4.92. The van der Waals surface area contributed by atoms with Gasteiger partial charge in [0, 0.05) is 11.0 Å². The molecule has 0 aliphatic heterocycles. The summed E-state index contributed by atoms with van der Waals surface area (Å²) in [5, 5.41) is 8.99. The van der Waals surface area contributed by atoms with Gasteiger partial charge in [0.2, 0.25) is 0 Å². The predicted octanol–water partition coefficient (Wildman–Crippen LogP) is 3.22. The van der Waals surface area contributed by atoms with Gasteiger partial charge >= 0.3 is 5.97 Å². The van der Waals surface area contributed by atoms with Crippen molar-refractivity contribution < 1.29 is 9.90 Å². The lowest BCUT2D eigenvalue weighted by molar-refractivity contribution is 0.0697. The van der Waals surface area contributed by atoms with Crippen LogP contribution < -0.4 is 0 Å². The largest absolute Gasteiger partial charge is 0.478 e. The van der Waals surface area contributed by atoms with Gasteiger partial charge in [-0.3, -0.25) is 0 Å². The first kappa shape index (κ1) is 12.1. The predicted molar refractivity (Wildman–Crippen MR) is 69.4 cm³/mol. The summed E-state index contributed by atoms with van der Waals surface area (Å²) in [5.41, 5.74) is 1.95. The Labute approximate surface area is 107 Å². The van der Waals surface area contributed by atoms with Crippen molar-refractivity contribution in [2.75, 3.05) is 0 Å². The highest BCUT2D eigenvalue weighted by molar-refractivity contribution is 9.10. The Balaban J connectivity index is 2.72. The molecule has 1 aromatic heterocycles. The van der Waals surface area contributed by atoms with E-state index in [-0.39, 0.29) is 5.56 Å². The molecule has 0 atom stereocenters. The van der Waals surface area contributed by atoms with E-state index in [0.29, 0.717) is 0 Å². The molecule has 2 rings (SSSR count). The monoisotopic (exact) mass is 296 g/mol. The third kappa shape index (κ3) is 2.07. The Morgan fingerprint density at radius 3 is 2.82 bits per heavy atom. The molecule has 5 heteroatoms. The molecule has 0 spiro atoms. The van der Waals surface area contributed by atoms with E-state index in [1.807, 2.05) is 6.92 Å². The topological polar surface area (TPSA) is 55.1 Å². The summed E-state index contributed by atoms with van der Waals surface area (Å²) >= 11 is 3.43. The minimum absolute atomic E-state index is 0.255. The molecular weight excluding hydrogens is 284 g/mol. The molecule has 0 saturated carbocycles. The number of rotatable bonds is 3. The molecular formula is C12H13BrN2O2. The zero-order valence-corrected chi connectivity index (χ0v) is 11.3. The van der Waals surface area contributed by atoms with Crippen LogP contribution in [0.2, 0.25) is 0 Å². The second kappa shape index (κ2) is 4.49. The Kier molecular flexibility index (Phi) is 3.19. The molecule has 17 heavy (non-hydrogen) atoms.